The Morgan fingerprint density at radius 3 is 2.34 bits per heavy atom. The molecule has 0 saturated heterocycles. The van der Waals surface area contributed by atoms with Crippen molar-refractivity contribution in [3.63, 3.8) is 0 Å². The Kier molecular flexibility index (Phi) is 9.51. The van der Waals surface area contributed by atoms with Gasteiger partial charge in [-0.05, 0) is 123 Å². The first-order valence-corrected chi connectivity index (χ1v) is 15.7. The van der Waals surface area contributed by atoms with Crippen LogP contribution in [0.3, 0.4) is 0 Å². The molecule has 0 radical (unpaired) electrons. The second-order valence-electron chi connectivity index (χ2n) is 13.9. The van der Waals surface area contributed by atoms with Gasteiger partial charge in [0.05, 0.1) is 0 Å². The number of hydrogen-bond donors (Lipinski definition) is 2. The van der Waals surface area contributed by atoms with Crippen LogP contribution in [0.4, 0.5) is 0 Å². The van der Waals surface area contributed by atoms with Crippen LogP contribution in [0.25, 0.3) is 0 Å². The molecular weight excluding hydrogens is 478 g/mol. The maximum absolute atomic E-state index is 12.5. The topological polar surface area (TPSA) is 92.7 Å². The summed E-state index contributed by atoms with van der Waals surface area (Å²) >= 11 is 0. The molecule has 4 aliphatic rings. The van der Waals surface area contributed by atoms with Gasteiger partial charge in [-0.25, -0.2) is 0 Å². The Balaban J connectivity index is 1.30. The molecule has 4 fully saturated rings. The second kappa shape index (κ2) is 12.3. The van der Waals surface area contributed by atoms with Gasteiger partial charge in [-0.1, -0.05) is 27.2 Å². The molecule has 38 heavy (non-hydrogen) atoms. The number of aliphatic carboxylic acids is 1. The number of hydrogen-bond acceptors (Lipinski definition) is 4. The van der Waals surface area contributed by atoms with E-state index in [2.05, 4.69) is 26.1 Å². The lowest BCUT2D eigenvalue weighted by Gasteiger charge is -2.61. The number of carboxylic acid groups (broad SMARTS) is 1. The van der Waals surface area contributed by atoms with E-state index in [1.54, 1.807) is 7.05 Å². The van der Waals surface area contributed by atoms with Gasteiger partial charge in [0.25, 0.3) is 0 Å². The minimum absolute atomic E-state index is 0.0574. The first kappa shape index (κ1) is 29.4. The van der Waals surface area contributed by atoms with E-state index >= 15 is 0 Å². The van der Waals surface area contributed by atoms with Crippen LogP contribution >= 0.6 is 0 Å². The smallest absolute Gasteiger partial charge is 0.306 e. The summed E-state index contributed by atoms with van der Waals surface area (Å²) in [6, 6.07) is 0. The predicted molar refractivity (Wildman–Crippen MR) is 148 cm³/mol. The lowest BCUT2D eigenvalue weighted by atomic mass is 9.44. The maximum Gasteiger partial charge on any atom is 0.306 e. The van der Waals surface area contributed by atoms with Crippen molar-refractivity contribution in [2.24, 2.45) is 46.3 Å². The van der Waals surface area contributed by atoms with Gasteiger partial charge in [-0.2, -0.15) is 0 Å². The van der Waals surface area contributed by atoms with Crippen LogP contribution in [0.5, 0.6) is 0 Å². The van der Waals surface area contributed by atoms with Crippen LogP contribution in [0.1, 0.15) is 124 Å². The number of carbonyl (C=O) groups excluding carboxylic acids is 2. The van der Waals surface area contributed by atoms with E-state index < -0.39 is 5.97 Å². The van der Waals surface area contributed by atoms with Gasteiger partial charge in [0.15, 0.2) is 0 Å². The number of esters is 1. The normalized spacial score (nSPS) is 38.8. The van der Waals surface area contributed by atoms with Gasteiger partial charge in [0, 0.05) is 26.3 Å². The third-order valence-electron chi connectivity index (χ3n) is 12.1. The summed E-state index contributed by atoms with van der Waals surface area (Å²) in [7, 11) is 1.74. The van der Waals surface area contributed by atoms with Crippen molar-refractivity contribution in [3.8, 4) is 0 Å². The van der Waals surface area contributed by atoms with Gasteiger partial charge >= 0.3 is 11.9 Å². The maximum atomic E-state index is 12.5. The van der Waals surface area contributed by atoms with E-state index in [1.807, 2.05) is 0 Å². The molecule has 0 aromatic rings. The fraction of sp³-hybridized carbons (Fsp3) is 0.906. The van der Waals surface area contributed by atoms with Gasteiger partial charge < -0.3 is 15.2 Å². The average Bonchev–Trinajstić information content (AvgIpc) is 3.24. The van der Waals surface area contributed by atoms with E-state index in [4.69, 9.17) is 9.84 Å². The third kappa shape index (κ3) is 6.09. The van der Waals surface area contributed by atoms with Crippen LogP contribution < -0.4 is 5.32 Å². The number of unbranched alkanes of at least 4 members (excludes halogenated alkanes) is 2. The van der Waals surface area contributed by atoms with E-state index in [0.29, 0.717) is 41.9 Å². The molecule has 2 N–H and O–H groups in total. The molecule has 9 atom stereocenters. The Morgan fingerprint density at radius 1 is 0.895 bits per heavy atom. The zero-order valence-corrected chi connectivity index (χ0v) is 24.4. The third-order valence-corrected chi connectivity index (χ3v) is 12.1. The molecule has 0 aromatic heterocycles. The summed E-state index contributed by atoms with van der Waals surface area (Å²) < 4.78 is 5.94. The standard InChI is InChI=1S/C32H53NO5/c1-21(10-15-28(34)33-4)25-13-14-26-24-12-11-22-20-23(38-30(37)9-7-5-6-8-29(35)36)16-18-31(22,2)27(24)17-19-32(25,26)3/h21-27H,5-20H2,1-4H3,(H,33,34)(H,35,36)/t21-,22-,23-,24+,25-,26+,27+,31+,32-/m1/s1. The molecule has 4 saturated carbocycles. The van der Waals surface area contributed by atoms with Crippen LogP contribution in [0.2, 0.25) is 0 Å². The fourth-order valence-corrected chi connectivity index (χ4v) is 9.95. The summed E-state index contributed by atoms with van der Waals surface area (Å²) in [4.78, 5) is 35.0. The Labute approximate surface area is 230 Å². The summed E-state index contributed by atoms with van der Waals surface area (Å²) in [6.45, 7) is 7.55. The molecular formula is C32H53NO5. The number of nitrogens with one attached hydrogen (secondary N) is 1. The number of rotatable bonds is 11. The molecule has 4 rings (SSSR count). The lowest BCUT2D eigenvalue weighted by Crippen LogP contribution is -2.54. The van der Waals surface area contributed by atoms with Crippen molar-refractivity contribution in [1.82, 2.24) is 5.32 Å². The van der Waals surface area contributed by atoms with E-state index in [1.165, 1.54) is 44.9 Å². The SMILES string of the molecule is CNC(=O)CC[C@@H](C)[C@H]1CC[C@H]2[C@@H]3CC[C@@H]4C[C@H](OC(=O)CCCCCC(=O)O)CC[C@]4(C)[C@H]3CC[C@]12C. The van der Waals surface area contributed by atoms with Crippen molar-refractivity contribution in [2.75, 3.05) is 7.05 Å². The molecule has 216 valence electrons. The van der Waals surface area contributed by atoms with E-state index in [0.717, 1.165) is 55.8 Å². The van der Waals surface area contributed by atoms with Crippen molar-refractivity contribution in [3.05, 3.63) is 0 Å². The van der Waals surface area contributed by atoms with Crippen LogP contribution in [-0.2, 0) is 19.1 Å². The van der Waals surface area contributed by atoms with E-state index in [9.17, 15) is 14.4 Å². The molecule has 0 aromatic carbocycles. The number of ether oxygens (including phenoxy) is 1. The van der Waals surface area contributed by atoms with Crippen LogP contribution in [0, 0.1) is 46.3 Å². The second-order valence-corrected chi connectivity index (χ2v) is 13.9. The minimum atomic E-state index is -0.768. The molecule has 6 heteroatoms. The van der Waals surface area contributed by atoms with Crippen molar-refractivity contribution in [2.45, 2.75) is 130 Å². The van der Waals surface area contributed by atoms with Gasteiger partial charge in [0.2, 0.25) is 5.91 Å². The summed E-state index contributed by atoms with van der Waals surface area (Å²) in [6.07, 6.45) is 15.5. The molecule has 0 heterocycles. The average molecular weight is 532 g/mol. The Bertz CT molecular complexity index is 859. The van der Waals surface area contributed by atoms with E-state index in [-0.39, 0.29) is 24.4 Å². The molecule has 4 aliphatic carbocycles. The monoisotopic (exact) mass is 531 g/mol. The first-order chi connectivity index (χ1) is 18.1. The van der Waals surface area contributed by atoms with Crippen LogP contribution in [0.15, 0.2) is 0 Å². The number of amides is 1. The number of fused-ring (bicyclic) bond motifs is 5. The number of carboxylic acids is 1. The Hall–Kier alpha value is -1.59. The minimum Gasteiger partial charge on any atom is -0.481 e. The van der Waals surface area contributed by atoms with Crippen molar-refractivity contribution >= 4 is 17.8 Å². The molecule has 1 amide bonds. The van der Waals surface area contributed by atoms with Crippen molar-refractivity contribution in [1.29, 1.82) is 0 Å². The largest absolute Gasteiger partial charge is 0.481 e. The van der Waals surface area contributed by atoms with Crippen LogP contribution in [-0.4, -0.2) is 36.1 Å². The molecule has 6 nitrogen and oxygen atoms in total. The predicted octanol–water partition coefficient (Wildman–Crippen LogP) is 6.75. The summed E-state index contributed by atoms with van der Waals surface area (Å²) in [5.74, 6) is 3.75. The highest BCUT2D eigenvalue weighted by Gasteiger charge is 2.60. The van der Waals surface area contributed by atoms with Crippen molar-refractivity contribution < 1.29 is 24.2 Å². The Morgan fingerprint density at radius 2 is 1.61 bits per heavy atom. The molecule has 0 bridgehead atoms. The van der Waals surface area contributed by atoms with Gasteiger partial charge in [0.1, 0.15) is 6.10 Å². The summed E-state index contributed by atoms with van der Waals surface area (Å²) in [5, 5.41) is 11.5. The zero-order chi connectivity index (χ0) is 27.5. The highest BCUT2D eigenvalue weighted by molar-refractivity contribution is 5.75. The molecule has 0 spiro atoms. The van der Waals surface area contributed by atoms with Gasteiger partial charge in [-0.15, -0.1) is 0 Å². The lowest BCUT2D eigenvalue weighted by molar-refractivity contribution is -0.162. The zero-order valence-electron chi connectivity index (χ0n) is 24.4. The number of carbonyl (C=O) groups is 3. The molecule has 0 aliphatic heterocycles. The van der Waals surface area contributed by atoms with Gasteiger partial charge in [-0.3, -0.25) is 14.4 Å². The highest BCUT2D eigenvalue weighted by Crippen LogP contribution is 2.68. The first-order valence-electron chi connectivity index (χ1n) is 15.7. The highest BCUT2D eigenvalue weighted by atomic mass is 16.5. The summed E-state index contributed by atoms with van der Waals surface area (Å²) in [5.41, 5.74) is 0.788. The molecule has 0 unspecified atom stereocenters. The fourth-order valence-electron chi connectivity index (χ4n) is 9.95. The quantitative estimate of drug-likeness (QED) is 0.227.